The summed E-state index contributed by atoms with van der Waals surface area (Å²) in [5, 5.41) is 9.03. The lowest BCUT2D eigenvalue weighted by Crippen LogP contribution is -2.41. The number of amides is 1. The topological polar surface area (TPSA) is 57.6 Å². The van der Waals surface area contributed by atoms with Gasteiger partial charge in [0.05, 0.1) is 5.92 Å². The van der Waals surface area contributed by atoms with Gasteiger partial charge in [-0.3, -0.25) is 9.59 Å². The standard InChI is InChI=1S/C16H19NO3/c1-12-5-2-3-6-13(12)8-9-15(18)17-10-4-7-14(11-17)16(19)20/h2-3,5-6,8-9,14H,4,7,10-11H2,1H3,(H,19,20)/b9-8+/t14-/m0/s1. The van der Waals surface area contributed by atoms with Crippen molar-refractivity contribution in [3.05, 3.63) is 41.5 Å². The lowest BCUT2D eigenvalue weighted by molar-refractivity contribution is -0.144. The molecule has 1 fully saturated rings. The van der Waals surface area contributed by atoms with Crippen LogP contribution in [0.15, 0.2) is 30.3 Å². The second-order valence-corrected chi connectivity index (χ2v) is 5.15. The van der Waals surface area contributed by atoms with Gasteiger partial charge in [-0.1, -0.05) is 24.3 Å². The summed E-state index contributed by atoms with van der Waals surface area (Å²) in [5.41, 5.74) is 2.12. The lowest BCUT2D eigenvalue weighted by atomic mass is 9.98. The van der Waals surface area contributed by atoms with Crippen molar-refractivity contribution in [2.75, 3.05) is 13.1 Å². The summed E-state index contributed by atoms with van der Waals surface area (Å²) in [5.74, 6) is -1.36. The highest BCUT2D eigenvalue weighted by Gasteiger charge is 2.26. The largest absolute Gasteiger partial charge is 0.481 e. The van der Waals surface area contributed by atoms with Crippen LogP contribution >= 0.6 is 0 Å². The van der Waals surface area contributed by atoms with Crippen LogP contribution in [-0.4, -0.2) is 35.0 Å². The van der Waals surface area contributed by atoms with Crippen LogP contribution in [0, 0.1) is 12.8 Å². The quantitative estimate of drug-likeness (QED) is 0.860. The fourth-order valence-electron chi connectivity index (χ4n) is 2.42. The number of nitrogens with zero attached hydrogens (tertiary/aromatic N) is 1. The molecule has 106 valence electrons. The Morgan fingerprint density at radius 3 is 2.80 bits per heavy atom. The van der Waals surface area contributed by atoms with E-state index in [4.69, 9.17) is 5.11 Å². The third-order valence-electron chi connectivity index (χ3n) is 3.68. The van der Waals surface area contributed by atoms with Crippen molar-refractivity contribution in [2.24, 2.45) is 5.92 Å². The number of hydrogen-bond donors (Lipinski definition) is 1. The molecular weight excluding hydrogens is 254 g/mol. The van der Waals surface area contributed by atoms with Gasteiger partial charge >= 0.3 is 5.97 Å². The van der Waals surface area contributed by atoms with Crippen LogP contribution in [0.4, 0.5) is 0 Å². The van der Waals surface area contributed by atoms with Gasteiger partial charge in [-0.05, 0) is 37.0 Å². The fraction of sp³-hybridized carbons (Fsp3) is 0.375. The average Bonchev–Trinajstić information content (AvgIpc) is 2.46. The number of carbonyl (C=O) groups is 2. The van der Waals surface area contributed by atoms with Crippen LogP contribution in [0.3, 0.4) is 0 Å². The van der Waals surface area contributed by atoms with Crippen molar-refractivity contribution < 1.29 is 14.7 Å². The van der Waals surface area contributed by atoms with E-state index in [1.807, 2.05) is 31.2 Å². The van der Waals surface area contributed by atoms with Gasteiger partial charge in [-0.25, -0.2) is 0 Å². The maximum atomic E-state index is 12.1. The van der Waals surface area contributed by atoms with E-state index in [0.717, 1.165) is 17.5 Å². The maximum absolute atomic E-state index is 12.1. The van der Waals surface area contributed by atoms with Gasteiger partial charge in [0.1, 0.15) is 0 Å². The van der Waals surface area contributed by atoms with Crippen LogP contribution in [0.25, 0.3) is 6.08 Å². The van der Waals surface area contributed by atoms with Crippen LogP contribution in [-0.2, 0) is 9.59 Å². The first kappa shape index (κ1) is 14.3. The summed E-state index contributed by atoms with van der Waals surface area (Å²) < 4.78 is 0. The zero-order chi connectivity index (χ0) is 14.5. The predicted octanol–water partition coefficient (Wildman–Crippen LogP) is 2.33. The Morgan fingerprint density at radius 2 is 2.10 bits per heavy atom. The third kappa shape index (κ3) is 3.47. The molecule has 0 unspecified atom stereocenters. The van der Waals surface area contributed by atoms with E-state index in [9.17, 15) is 9.59 Å². The molecule has 0 bridgehead atoms. The molecule has 0 saturated carbocycles. The molecular formula is C16H19NO3. The second kappa shape index (κ2) is 6.37. The zero-order valence-electron chi connectivity index (χ0n) is 11.6. The van der Waals surface area contributed by atoms with Crippen molar-refractivity contribution in [1.29, 1.82) is 0 Å². The molecule has 1 saturated heterocycles. The summed E-state index contributed by atoms with van der Waals surface area (Å²) >= 11 is 0. The van der Waals surface area contributed by atoms with Crippen molar-refractivity contribution in [1.82, 2.24) is 4.90 Å². The van der Waals surface area contributed by atoms with E-state index >= 15 is 0 Å². The minimum Gasteiger partial charge on any atom is -0.481 e. The normalized spacial score (nSPS) is 19.2. The van der Waals surface area contributed by atoms with Gasteiger partial charge in [0.15, 0.2) is 0 Å². The molecule has 4 nitrogen and oxygen atoms in total. The van der Waals surface area contributed by atoms with Crippen LogP contribution < -0.4 is 0 Å². The first-order chi connectivity index (χ1) is 9.58. The molecule has 1 heterocycles. The van der Waals surface area contributed by atoms with Crippen LogP contribution in [0.1, 0.15) is 24.0 Å². The number of aliphatic carboxylic acids is 1. The Hall–Kier alpha value is -2.10. The van der Waals surface area contributed by atoms with Gasteiger partial charge in [-0.15, -0.1) is 0 Å². The van der Waals surface area contributed by atoms with Gasteiger partial charge in [0, 0.05) is 19.2 Å². The van der Waals surface area contributed by atoms with E-state index < -0.39 is 11.9 Å². The number of carboxylic acids is 1. The summed E-state index contributed by atoms with van der Waals surface area (Å²) in [7, 11) is 0. The number of rotatable bonds is 3. The number of likely N-dealkylation sites (tertiary alicyclic amines) is 1. The average molecular weight is 273 g/mol. The highest BCUT2D eigenvalue weighted by molar-refractivity contribution is 5.92. The minimum atomic E-state index is -0.814. The number of hydrogen-bond acceptors (Lipinski definition) is 2. The molecule has 20 heavy (non-hydrogen) atoms. The van der Waals surface area contributed by atoms with Crippen molar-refractivity contribution in [2.45, 2.75) is 19.8 Å². The molecule has 0 spiro atoms. The minimum absolute atomic E-state index is 0.112. The first-order valence-electron chi connectivity index (χ1n) is 6.83. The Bertz CT molecular complexity index is 536. The molecule has 2 rings (SSSR count). The SMILES string of the molecule is Cc1ccccc1/C=C/C(=O)N1CCC[C@H](C(=O)O)C1. The summed E-state index contributed by atoms with van der Waals surface area (Å²) in [4.78, 5) is 24.7. The molecule has 1 aromatic rings. The molecule has 4 heteroatoms. The Kier molecular flexibility index (Phi) is 4.56. The molecule has 1 N–H and O–H groups in total. The molecule has 1 amide bonds. The number of carbonyl (C=O) groups excluding carboxylic acids is 1. The van der Waals surface area contributed by atoms with Gasteiger partial charge in [-0.2, -0.15) is 0 Å². The molecule has 1 aliphatic heterocycles. The van der Waals surface area contributed by atoms with E-state index in [2.05, 4.69) is 0 Å². The molecule has 0 radical (unpaired) electrons. The molecule has 1 aliphatic rings. The number of carboxylic acid groups (broad SMARTS) is 1. The third-order valence-corrected chi connectivity index (χ3v) is 3.68. The Labute approximate surface area is 118 Å². The van der Waals surface area contributed by atoms with Crippen molar-refractivity contribution in [3.63, 3.8) is 0 Å². The van der Waals surface area contributed by atoms with E-state index in [0.29, 0.717) is 19.5 Å². The van der Waals surface area contributed by atoms with Gasteiger partial charge < -0.3 is 10.0 Å². The number of aryl methyl sites for hydroxylation is 1. The first-order valence-corrected chi connectivity index (χ1v) is 6.83. The molecule has 0 aliphatic carbocycles. The zero-order valence-corrected chi connectivity index (χ0v) is 11.6. The number of benzene rings is 1. The van der Waals surface area contributed by atoms with Gasteiger partial charge in [0.2, 0.25) is 5.91 Å². The van der Waals surface area contributed by atoms with Crippen molar-refractivity contribution >= 4 is 18.0 Å². The van der Waals surface area contributed by atoms with Crippen LogP contribution in [0.5, 0.6) is 0 Å². The second-order valence-electron chi connectivity index (χ2n) is 5.15. The Balaban J connectivity index is 2.01. The summed E-state index contributed by atoms with van der Waals surface area (Å²) in [6.45, 7) is 2.94. The predicted molar refractivity (Wildman–Crippen MR) is 77.2 cm³/mol. The van der Waals surface area contributed by atoms with Crippen LogP contribution in [0.2, 0.25) is 0 Å². The molecule has 1 atom stereocenters. The Morgan fingerprint density at radius 1 is 1.35 bits per heavy atom. The maximum Gasteiger partial charge on any atom is 0.308 e. The van der Waals surface area contributed by atoms with E-state index in [1.165, 1.54) is 6.08 Å². The monoisotopic (exact) mass is 273 g/mol. The van der Waals surface area contributed by atoms with E-state index in [1.54, 1.807) is 11.0 Å². The van der Waals surface area contributed by atoms with Gasteiger partial charge in [0.25, 0.3) is 0 Å². The highest BCUT2D eigenvalue weighted by Crippen LogP contribution is 2.17. The highest BCUT2D eigenvalue weighted by atomic mass is 16.4. The smallest absolute Gasteiger partial charge is 0.308 e. The summed E-state index contributed by atoms with van der Waals surface area (Å²) in [6, 6.07) is 7.83. The van der Waals surface area contributed by atoms with E-state index in [-0.39, 0.29) is 5.91 Å². The molecule has 0 aromatic heterocycles. The summed E-state index contributed by atoms with van der Waals surface area (Å²) in [6.07, 6.45) is 4.73. The molecule has 1 aromatic carbocycles. The van der Waals surface area contributed by atoms with Crippen molar-refractivity contribution in [3.8, 4) is 0 Å². The fourth-order valence-corrected chi connectivity index (χ4v) is 2.42. The number of piperidine rings is 1. The lowest BCUT2D eigenvalue weighted by Gasteiger charge is -2.29.